The zero-order valence-electron chi connectivity index (χ0n) is 16.8. The lowest BCUT2D eigenvalue weighted by Gasteiger charge is -2.07. The van der Waals surface area contributed by atoms with Crippen LogP contribution in [0.2, 0.25) is 0 Å². The monoisotopic (exact) mass is 410 g/mol. The Morgan fingerprint density at radius 1 is 0.774 bits per heavy atom. The van der Waals surface area contributed by atoms with E-state index < -0.39 is 0 Å². The first-order chi connectivity index (χ1) is 15.1. The highest BCUT2D eigenvalue weighted by Crippen LogP contribution is 2.29. The molecule has 5 nitrogen and oxygen atoms in total. The molecule has 152 valence electrons. The highest BCUT2D eigenvalue weighted by molar-refractivity contribution is 5.81. The molecule has 2 heterocycles. The number of nitrogens with one attached hydrogen (secondary N) is 2. The fourth-order valence-corrected chi connectivity index (χ4v) is 3.35. The molecule has 0 amide bonds. The van der Waals surface area contributed by atoms with Gasteiger partial charge in [-0.05, 0) is 79.7 Å². The number of anilines is 4. The van der Waals surface area contributed by atoms with Gasteiger partial charge in [-0.15, -0.1) is 0 Å². The molecule has 0 spiro atoms. The van der Waals surface area contributed by atoms with Crippen LogP contribution in [0.25, 0.3) is 22.6 Å². The second-order valence-corrected chi connectivity index (χ2v) is 7.23. The van der Waals surface area contributed by atoms with E-state index in [0.29, 0.717) is 11.5 Å². The van der Waals surface area contributed by atoms with E-state index in [0.717, 1.165) is 39.5 Å². The van der Waals surface area contributed by atoms with Crippen molar-refractivity contribution >= 4 is 33.8 Å². The summed E-state index contributed by atoms with van der Waals surface area (Å²) in [6.07, 6.45) is 1.78. The molecule has 2 aromatic heterocycles. The Kier molecular flexibility index (Phi) is 4.80. The van der Waals surface area contributed by atoms with Crippen LogP contribution in [-0.2, 0) is 0 Å². The molecule has 0 aliphatic heterocycles. The lowest BCUT2D eigenvalue weighted by molar-refractivity contribution is 0.620. The number of benzene rings is 3. The number of nitrogens with zero attached hydrogens (tertiary/aromatic N) is 2. The van der Waals surface area contributed by atoms with Gasteiger partial charge in [-0.1, -0.05) is 6.07 Å². The summed E-state index contributed by atoms with van der Waals surface area (Å²) in [4.78, 5) is 8.88. The fourth-order valence-electron chi connectivity index (χ4n) is 3.35. The van der Waals surface area contributed by atoms with E-state index in [9.17, 15) is 4.39 Å². The Morgan fingerprint density at radius 3 is 2.35 bits per heavy atom. The molecule has 0 radical (unpaired) electrons. The number of aromatic nitrogens is 2. The second kappa shape index (κ2) is 7.91. The standard InChI is InChI=1S/C25H19FN4O/c1-16-13-22(11-12-27-16)29-21-9-10-24-23(15-21)30-25(31-24)17-3-2-4-20(14-17)28-19-7-5-18(26)6-8-19/h2-15,28H,1H3,(H,27,29). The van der Waals surface area contributed by atoms with Crippen LogP contribution in [0.5, 0.6) is 0 Å². The van der Waals surface area contributed by atoms with Crippen LogP contribution in [-0.4, -0.2) is 9.97 Å². The maximum atomic E-state index is 13.1. The van der Waals surface area contributed by atoms with Crippen molar-refractivity contribution < 1.29 is 8.81 Å². The number of oxazole rings is 1. The third kappa shape index (κ3) is 4.23. The van der Waals surface area contributed by atoms with Crippen molar-refractivity contribution in [2.24, 2.45) is 0 Å². The van der Waals surface area contributed by atoms with Gasteiger partial charge < -0.3 is 15.1 Å². The lowest BCUT2D eigenvalue weighted by atomic mass is 10.2. The molecule has 0 aliphatic carbocycles. The Balaban J connectivity index is 1.40. The van der Waals surface area contributed by atoms with Gasteiger partial charge in [-0.3, -0.25) is 4.98 Å². The Morgan fingerprint density at radius 2 is 1.52 bits per heavy atom. The Hall–Kier alpha value is -4.19. The molecule has 0 bridgehead atoms. The number of hydrogen-bond acceptors (Lipinski definition) is 5. The minimum atomic E-state index is -0.265. The molecule has 0 saturated heterocycles. The van der Waals surface area contributed by atoms with Crippen molar-refractivity contribution in [2.75, 3.05) is 10.6 Å². The predicted octanol–water partition coefficient (Wildman–Crippen LogP) is 6.82. The average Bonchev–Trinajstić information content (AvgIpc) is 3.19. The van der Waals surface area contributed by atoms with E-state index in [1.54, 1.807) is 18.3 Å². The summed E-state index contributed by atoms with van der Waals surface area (Å²) in [7, 11) is 0. The van der Waals surface area contributed by atoms with E-state index in [1.165, 1.54) is 12.1 Å². The van der Waals surface area contributed by atoms with Crippen LogP contribution in [0.1, 0.15) is 5.69 Å². The van der Waals surface area contributed by atoms with Crippen LogP contribution < -0.4 is 10.6 Å². The highest BCUT2D eigenvalue weighted by atomic mass is 19.1. The summed E-state index contributed by atoms with van der Waals surface area (Å²) >= 11 is 0. The molecule has 3 aromatic carbocycles. The van der Waals surface area contributed by atoms with Gasteiger partial charge in [0, 0.05) is 40.2 Å². The molecular formula is C25H19FN4O. The molecule has 0 aliphatic rings. The first-order valence-electron chi connectivity index (χ1n) is 9.86. The highest BCUT2D eigenvalue weighted by Gasteiger charge is 2.10. The normalized spacial score (nSPS) is 10.9. The molecule has 5 rings (SSSR count). The third-order valence-electron chi connectivity index (χ3n) is 4.82. The van der Waals surface area contributed by atoms with Crippen molar-refractivity contribution in [3.05, 3.63) is 96.6 Å². The molecule has 5 aromatic rings. The molecule has 0 atom stereocenters. The van der Waals surface area contributed by atoms with Crippen molar-refractivity contribution in [3.63, 3.8) is 0 Å². The maximum absolute atomic E-state index is 13.1. The number of pyridine rings is 1. The van der Waals surface area contributed by atoms with Gasteiger partial charge in [-0.25, -0.2) is 9.37 Å². The van der Waals surface area contributed by atoms with Crippen LogP contribution in [0, 0.1) is 12.7 Å². The van der Waals surface area contributed by atoms with Crippen LogP contribution >= 0.6 is 0 Å². The van der Waals surface area contributed by atoms with Gasteiger partial charge in [0.25, 0.3) is 0 Å². The SMILES string of the molecule is Cc1cc(Nc2ccc3oc(-c4cccc(Nc5ccc(F)cc5)c4)nc3c2)ccn1. The number of rotatable bonds is 5. The predicted molar refractivity (Wildman–Crippen MR) is 121 cm³/mol. The van der Waals surface area contributed by atoms with Crippen molar-refractivity contribution in [2.45, 2.75) is 6.92 Å². The van der Waals surface area contributed by atoms with Gasteiger partial charge in [-0.2, -0.15) is 0 Å². The van der Waals surface area contributed by atoms with Crippen LogP contribution in [0.15, 0.2) is 89.5 Å². The third-order valence-corrected chi connectivity index (χ3v) is 4.82. The van der Waals surface area contributed by atoms with E-state index in [-0.39, 0.29) is 5.82 Å². The first-order valence-corrected chi connectivity index (χ1v) is 9.86. The van der Waals surface area contributed by atoms with Gasteiger partial charge >= 0.3 is 0 Å². The topological polar surface area (TPSA) is 63.0 Å². The summed E-state index contributed by atoms with van der Waals surface area (Å²) in [6, 6.07) is 23.7. The fraction of sp³-hybridized carbons (Fsp3) is 0.0400. The zero-order valence-corrected chi connectivity index (χ0v) is 16.8. The molecule has 0 saturated carbocycles. The number of aryl methyl sites for hydroxylation is 1. The van der Waals surface area contributed by atoms with Crippen LogP contribution in [0.4, 0.5) is 27.1 Å². The first kappa shape index (κ1) is 18.8. The quantitative estimate of drug-likeness (QED) is 0.333. The maximum Gasteiger partial charge on any atom is 0.227 e. The van der Waals surface area contributed by atoms with E-state index in [4.69, 9.17) is 4.42 Å². The zero-order chi connectivity index (χ0) is 21.2. The summed E-state index contributed by atoms with van der Waals surface area (Å²) in [5.41, 5.74) is 6.83. The van der Waals surface area contributed by atoms with Crippen molar-refractivity contribution in [3.8, 4) is 11.5 Å². The lowest BCUT2D eigenvalue weighted by Crippen LogP contribution is -1.91. The number of halogens is 1. The second-order valence-electron chi connectivity index (χ2n) is 7.23. The van der Waals surface area contributed by atoms with Crippen molar-refractivity contribution in [1.82, 2.24) is 9.97 Å². The number of hydrogen-bond donors (Lipinski definition) is 2. The van der Waals surface area contributed by atoms with Crippen molar-refractivity contribution in [1.29, 1.82) is 0 Å². The molecular weight excluding hydrogens is 391 g/mol. The van der Waals surface area contributed by atoms with E-state index in [2.05, 4.69) is 20.6 Å². The minimum Gasteiger partial charge on any atom is -0.436 e. The molecule has 0 fully saturated rings. The summed E-state index contributed by atoms with van der Waals surface area (Å²) < 4.78 is 19.1. The largest absolute Gasteiger partial charge is 0.436 e. The summed E-state index contributed by atoms with van der Waals surface area (Å²) in [5.74, 6) is 0.272. The van der Waals surface area contributed by atoms with E-state index in [1.807, 2.05) is 61.5 Å². The van der Waals surface area contributed by atoms with E-state index >= 15 is 0 Å². The molecule has 2 N–H and O–H groups in total. The average molecular weight is 410 g/mol. The smallest absolute Gasteiger partial charge is 0.227 e. The Labute approximate surface area is 178 Å². The molecule has 0 unspecified atom stereocenters. The summed E-state index contributed by atoms with van der Waals surface area (Å²) in [5, 5.41) is 6.63. The minimum absolute atomic E-state index is 0.265. The summed E-state index contributed by atoms with van der Waals surface area (Å²) in [6.45, 7) is 1.96. The van der Waals surface area contributed by atoms with Gasteiger partial charge in [0.15, 0.2) is 5.58 Å². The molecule has 6 heteroatoms. The van der Waals surface area contributed by atoms with Crippen LogP contribution in [0.3, 0.4) is 0 Å². The molecule has 31 heavy (non-hydrogen) atoms. The Bertz CT molecular complexity index is 1360. The van der Waals surface area contributed by atoms with Gasteiger partial charge in [0.2, 0.25) is 5.89 Å². The number of fused-ring (bicyclic) bond motifs is 1. The van der Waals surface area contributed by atoms with Gasteiger partial charge in [0.05, 0.1) is 0 Å². The van der Waals surface area contributed by atoms with Gasteiger partial charge in [0.1, 0.15) is 11.3 Å².